The van der Waals surface area contributed by atoms with Crippen LogP contribution in [-0.2, 0) is 0 Å². The van der Waals surface area contributed by atoms with E-state index >= 15 is 0 Å². The summed E-state index contributed by atoms with van der Waals surface area (Å²) in [6, 6.07) is 8.68. The van der Waals surface area contributed by atoms with Crippen molar-refractivity contribution >= 4 is 11.9 Å². The first-order chi connectivity index (χ1) is 11.7. The number of hydrogen-bond donors (Lipinski definition) is 0. The molecule has 1 aromatic carbocycles. The molecule has 0 saturated carbocycles. The summed E-state index contributed by atoms with van der Waals surface area (Å²) >= 11 is 0. The fourth-order valence-electron chi connectivity index (χ4n) is 2.47. The number of rotatable bonds is 4. The zero-order valence-electron chi connectivity index (χ0n) is 13.7. The molecule has 2 aromatic rings. The molecule has 0 amide bonds. The van der Waals surface area contributed by atoms with Gasteiger partial charge in [0.1, 0.15) is 29.4 Å². The van der Waals surface area contributed by atoms with Crippen molar-refractivity contribution in [3.8, 4) is 23.1 Å². The molecule has 1 aromatic heterocycles. The minimum atomic E-state index is -0.152. The molecule has 2 heterocycles. The quantitative estimate of drug-likeness (QED) is 0.805. The number of carbonyl (C=O) groups excluding carboxylic acids is 1. The number of hydrogen-bond acceptors (Lipinski definition) is 6. The number of Topliss-reactive ketones (excluding diaryl/α,β-unsaturated/α-hetero) is 1. The summed E-state index contributed by atoms with van der Waals surface area (Å²) in [6.45, 7) is 0.154. The van der Waals surface area contributed by atoms with Crippen molar-refractivity contribution in [2.75, 3.05) is 27.9 Å². The van der Waals surface area contributed by atoms with E-state index in [1.165, 1.54) is 7.11 Å². The van der Waals surface area contributed by atoms with Gasteiger partial charge in [-0.05, 0) is 12.1 Å². The zero-order valence-corrected chi connectivity index (χ0v) is 13.7. The third-order valence-electron chi connectivity index (χ3n) is 3.67. The maximum atomic E-state index is 12.8. The van der Waals surface area contributed by atoms with Gasteiger partial charge in [0, 0.05) is 23.8 Å². The van der Waals surface area contributed by atoms with Crippen molar-refractivity contribution in [3.63, 3.8) is 0 Å². The van der Waals surface area contributed by atoms with Gasteiger partial charge in [-0.15, -0.1) is 0 Å². The predicted molar refractivity (Wildman–Crippen MR) is 88.1 cm³/mol. The zero-order chi connectivity index (χ0) is 17.1. The number of carbonyl (C=O) groups is 1. The van der Waals surface area contributed by atoms with Crippen LogP contribution >= 0.6 is 0 Å². The van der Waals surface area contributed by atoms with Crippen molar-refractivity contribution in [2.24, 2.45) is 0 Å². The summed E-state index contributed by atoms with van der Waals surface area (Å²) in [5, 5.41) is 0. The fraction of sp³-hybridized carbons (Fsp3) is 0.222. The summed E-state index contributed by atoms with van der Waals surface area (Å²) in [5.41, 5.74) is 1.50. The minimum Gasteiger partial charge on any atom is -0.496 e. The summed E-state index contributed by atoms with van der Waals surface area (Å²) in [5.74, 6) is 1.77. The Hall–Kier alpha value is -3.02. The first kappa shape index (κ1) is 15.9. The van der Waals surface area contributed by atoms with Gasteiger partial charge in [0.2, 0.25) is 5.88 Å². The van der Waals surface area contributed by atoms with E-state index in [9.17, 15) is 4.79 Å². The van der Waals surface area contributed by atoms with Crippen LogP contribution in [0.1, 0.15) is 16.1 Å². The van der Waals surface area contributed by atoms with Gasteiger partial charge in [-0.3, -0.25) is 4.79 Å². The number of benzene rings is 1. The van der Waals surface area contributed by atoms with Crippen LogP contribution in [-0.4, -0.2) is 38.7 Å². The van der Waals surface area contributed by atoms with Crippen LogP contribution < -0.4 is 18.9 Å². The molecule has 124 valence electrons. The molecule has 1 aliphatic rings. The monoisotopic (exact) mass is 327 g/mol. The first-order valence-electron chi connectivity index (χ1n) is 7.31. The number of pyridine rings is 1. The van der Waals surface area contributed by atoms with Gasteiger partial charge >= 0.3 is 0 Å². The van der Waals surface area contributed by atoms with Gasteiger partial charge < -0.3 is 18.9 Å². The number of nitrogens with zero attached hydrogens (tertiary/aromatic N) is 1. The second kappa shape index (κ2) is 6.62. The molecule has 0 fully saturated rings. The third-order valence-corrected chi connectivity index (χ3v) is 3.67. The average molecular weight is 327 g/mol. The van der Waals surface area contributed by atoms with E-state index in [4.69, 9.17) is 18.9 Å². The van der Waals surface area contributed by atoms with Crippen LogP contribution in [0.25, 0.3) is 6.08 Å². The Labute approximate surface area is 139 Å². The highest BCUT2D eigenvalue weighted by atomic mass is 16.5. The summed E-state index contributed by atoms with van der Waals surface area (Å²) < 4.78 is 21.3. The number of fused-ring (bicyclic) bond motifs is 1. The Morgan fingerprint density at radius 1 is 1.12 bits per heavy atom. The van der Waals surface area contributed by atoms with Crippen molar-refractivity contribution in [3.05, 3.63) is 47.2 Å². The Morgan fingerprint density at radius 2 is 1.96 bits per heavy atom. The normalized spacial score (nSPS) is 14.8. The van der Waals surface area contributed by atoms with Crippen LogP contribution in [0.15, 0.2) is 35.9 Å². The van der Waals surface area contributed by atoms with Crippen molar-refractivity contribution < 1.29 is 23.7 Å². The number of ketones is 1. The SMILES string of the molecule is COc1cc(OC)c2c(c1)OC/C(=C\c1cccc(OC)n1)C2=O. The second-order valence-corrected chi connectivity index (χ2v) is 5.09. The third kappa shape index (κ3) is 2.90. The molecule has 24 heavy (non-hydrogen) atoms. The smallest absolute Gasteiger partial charge is 0.213 e. The molecule has 3 rings (SSSR count). The molecular formula is C18H17NO5. The molecule has 0 radical (unpaired) electrons. The van der Waals surface area contributed by atoms with Crippen LogP contribution in [0.2, 0.25) is 0 Å². The Bertz CT molecular complexity index is 796. The fourth-order valence-corrected chi connectivity index (χ4v) is 2.47. The molecule has 1 aliphatic heterocycles. The van der Waals surface area contributed by atoms with Gasteiger partial charge in [0.15, 0.2) is 5.78 Å². The number of ether oxygens (including phenoxy) is 4. The maximum Gasteiger partial charge on any atom is 0.213 e. The lowest BCUT2D eigenvalue weighted by molar-refractivity contribution is 0.0997. The number of aromatic nitrogens is 1. The van der Waals surface area contributed by atoms with Gasteiger partial charge in [0.05, 0.1) is 27.0 Å². The van der Waals surface area contributed by atoms with E-state index in [0.29, 0.717) is 40.0 Å². The summed E-state index contributed by atoms with van der Waals surface area (Å²) in [7, 11) is 4.60. The highest BCUT2D eigenvalue weighted by Gasteiger charge is 2.28. The van der Waals surface area contributed by atoms with E-state index in [-0.39, 0.29) is 12.4 Å². The minimum absolute atomic E-state index is 0.152. The highest BCUT2D eigenvalue weighted by molar-refractivity contribution is 6.15. The Morgan fingerprint density at radius 3 is 2.67 bits per heavy atom. The molecule has 0 atom stereocenters. The van der Waals surface area contributed by atoms with Crippen LogP contribution in [0.4, 0.5) is 0 Å². The average Bonchev–Trinajstić information content (AvgIpc) is 2.63. The highest BCUT2D eigenvalue weighted by Crippen LogP contribution is 2.38. The lowest BCUT2D eigenvalue weighted by Crippen LogP contribution is -2.20. The standard InChI is InChI=1S/C18H17NO5/c1-21-13-8-14(22-2)17-15(9-13)24-10-11(18(17)20)7-12-5-4-6-16(19-12)23-3/h4-9H,10H2,1-3H3/b11-7+. The van der Waals surface area contributed by atoms with E-state index < -0.39 is 0 Å². The largest absolute Gasteiger partial charge is 0.496 e. The first-order valence-corrected chi connectivity index (χ1v) is 7.31. The molecule has 0 bridgehead atoms. The molecule has 6 nitrogen and oxygen atoms in total. The topological polar surface area (TPSA) is 66.9 Å². The predicted octanol–water partition coefficient (Wildman–Crippen LogP) is 2.77. The van der Waals surface area contributed by atoms with Crippen LogP contribution in [0, 0.1) is 0 Å². The summed E-state index contributed by atoms with van der Waals surface area (Å²) in [4.78, 5) is 17.1. The van der Waals surface area contributed by atoms with Crippen LogP contribution in [0.5, 0.6) is 23.1 Å². The van der Waals surface area contributed by atoms with Gasteiger partial charge in [0.25, 0.3) is 0 Å². The van der Waals surface area contributed by atoms with Gasteiger partial charge in [-0.1, -0.05) is 6.07 Å². The molecule has 0 spiro atoms. The van der Waals surface area contributed by atoms with Crippen LogP contribution in [0.3, 0.4) is 0 Å². The summed E-state index contributed by atoms with van der Waals surface area (Å²) in [6.07, 6.45) is 1.69. The molecule has 6 heteroatoms. The van der Waals surface area contributed by atoms with Gasteiger partial charge in [-0.2, -0.15) is 0 Å². The molecular weight excluding hydrogens is 310 g/mol. The van der Waals surface area contributed by atoms with E-state index in [1.807, 2.05) is 6.07 Å². The van der Waals surface area contributed by atoms with Crippen molar-refractivity contribution in [2.45, 2.75) is 0 Å². The molecule has 0 unspecified atom stereocenters. The Balaban J connectivity index is 2.01. The van der Waals surface area contributed by atoms with Crippen molar-refractivity contribution in [1.82, 2.24) is 4.98 Å². The molecule has 0 aliphatic carbocycles. The molecule has 0 N–H and O–H groups in total. The molecule has 0 saturated heterocycles. The van der Waals surface area contributed by atoms with Crippen molar-refractivity contribution in [1.29, 1.82) is 0 Å². The lowest BCUT2D eigenvalue weighted by Gasteiger charge is -2.21. The Kier molecular flexibility index (Phi) is 4.37. The van der Waals surface area contributed by atoms with E-state index in [1.54, 1.807) is 44.6 Å². The second-order valence-electron chi connectivity index (χ2n) is 5.09. The lowest BCUT2D eigenvalue weighted by atomic mass is 9.98. The van der Waals surface area contributed by atoms with E-state index in [2.05, 4.69) is 4.98 Å². The van der Waals surface area contributed by atoms with Gasteiger partial charge in [-0.25, -0.2) is 4.98 Å². The van der Waals surface area contributed by atoms with E-state index in [0.717, 1.165) is 0 Å². The number of methoxy groups -OCH3 is 3. The maximum absolute atomic E-state index is 12.8.